The van der Waals surface area contributed by atoms with E-state index >= 15 is 0 Å². The Hall–Kier alpha value is -2.78. The maximum Gasteiger partial charge on any atom is 0.264 e. The number of nitrogens with zero attached hydrogens (tertiary/aromatic N) is 2. The Morgan fingerprint density at radius 2 is 1.54 bits per heavy atom. The largest absolute Gasteiger partial charge is 0.352 e. The first-order valence-corrected chi connectivity index (χ1v) is 14.9. The van der Waals surface area contributed by atoms with Crippen LogP contribution in [0.1, 0.15) is 32.8 Å². The van der Waals surface area contributed by atoms with Gasteiger partial charge in [0, 0.05) is 17.6 Å². The molecule has 0 aromatic heterocycles. The molecule has 11 heteroatoms. The zero-order valence-corrected chi connectivity index (χ0v) is 24.9. The zero-order valence-electron chi connectivity index (χ0n) is 21.8. The van der Waals surface area contributed by atoms with E-state index in [0.717, 1.165) is 4.31 Å². The molecule has 3 rings (SSSR count). The number of anilines is 1. The lowest BCUT2D eigenvalue weighted by molar-refractivity contribution is -0.140. The number of rotatable bonds is 11. The number of amides is 2. The van der Waals surface area contributed by atoms with Crippen molar-refractivity contribution in [1.82, 2.24) is 10.2 Å². The van der Waals surface area contributed by atoms with E-state index in [2.05, 4.69) is 5.32 Å². The van der Waals surface area contributed by atoms with E-state index in [-0.39, 0.29) is 29.1 Å². The first kappa shape index (κ1) is 30.8. The van der Waals surface area contributed by atoms with Crippen molar-refractivity contribution in [3.8, 4) is 0 Å². The molecule has 3 aromatic rings. The molecule has 208 valence electrons. The number of halogens is 3. The third-order valence-corrected chi connectivity index (χ3v) is 8.66. The molecule has 39 heavy (non-hydrogen) atoms. The summed E-state index contributed by atoms with van der Waals surface area (Å²) in [6.45, 7) is 4.90. The van der Waals surface area contributed by atoms with Gasteiger partial charge in [0.2, 0.25) is 11.8 Å². The molecule has 0 bridgehead atoms. The summed E-state index contributed by atoms with van der Waals surface area (Å²) in [6.07, 6.45) is 0.304. The molecular formula is C28H30Cl3N3O4S. The van der Waals surface area contributed by atoms with E-state index in [9.17, 15) is 18.0 Å². The highest BCUT2D eigenvalue weighted by atomic mass is 35.5. The van der Waals surface area contributed by atoms with Crippen LogP contribution in [0.3, 0.4) is 0 Å². The van der Waals surface area contributed by atoms with Gasteiger partial charge < -0.3 is 10.2 Å². The van der Waals surface area contributed by atoms with Gasteiger partial charge in [-0.2, -0.15) is 0 Å². The molecule has 7 nitrogen and oxygen atoms in total. The van der Waals surface area contributed by atoms with Gasteiger partial charge in [0.25, 0.3) is 10.0 Å². The van der Waals surface area contributed by atoms with Crippen molar-refractivity contribution in [2.45, 2.75) is 50.7 Å². The Kier molecular flexibility index (Phi) is 10.7. The van der Waals surface area contributed by atoms with Crippen LogP contribution >= 0.6 is 34.8 Å². The minimum Gasteiger partial charge on any atom is -0.352 e. The number of nitrogens with one attached hydrogen (secondary N) is 1. The molecule has 0 fully saturated rings. The molecule has 3 aromatic carbocycles. The minimum absolute atomic E-state index is 0.0135. The van der Waals surface area contributed by atoms with Gasteiger partial charge in [0.1, 0.15) is 12.6 Å². The minimum atomic E-state index is -4.15. The van der Waals surface area contributed by atoms with Crippen LogP contribution in [0.2, 0.25) is 15.1 Å². The summed E-state index contributed by atoms with van der Waals surface area (Å²) in [5.74, 6) is -0.911. The Balaban J connectivity index is 2.06. The van der Waals surface area contributed by atoms with Crippen LogP contribution in [0.25, 0.3) is 0 Å². The molecule has 1 N–H and O–H groups in total. The molecule has 0 aliphatic heterocycles. The average molecular weight is 611 g/mol. The van der Waals surface area contributed by atoms with Gasteiger partial charge in [-0.1, -0.05) is 66.0 Å². The molecular weight excluding hydrogens is 581 g/mol. The van der Waals surface area contributed by atoms with Crippen LogP contribution < -0.4 is 9.62 Å². The van der Waals surface area contributed by atoms with Gasteiger partial charge in [-0.3, -0.25) is 13.9 Å². The first-order valence-electron chi connectivity index (χ1n) is 12.3. The van der Waals surface area contributed by atoms with Crippen molar-refractivity contribution >= 4 is 62.3 Å². The van der Waals surface area contributed by atoms with Crippen LogP contribution in [0.5, 0.6) is 0 Å². The molecule has 0 spiro atoms. The predicted molar refractivity (Wildman–Crippen MR) is 157 cm³/mol. The van der Waals surface area contributed by atoms with Gasteiger partial charge >= 0.3 is 0 Å². The average Bonchev–Trinajstić information content (AvgIpc) is 2.89. The Morgan fingerprint density at radius 1 is 0.897 bits per heavy atom. The highest BCUT2D eigenvalue weighted by Crippen LogP contribution is 2.27. The van der Waals surface area contributed by atoms with Gasteiger partial charge in [-0.25, -0.2) is 8.42 Å². The van der Waals surface area contributed by atoms with Crippen molar-refractivity contribution in [2.75, 3.05) is 10.8 Å². The summed E-state index contributed by atoms with van der Waals surface area (Å²) in [6, 6.07) is 17.9. The highest BCUT2D eigenvalue weighted by molar-refractivity contribution is 7.92. The second kappa shape index (κ2) is 13.5. The van der Waals surface area contributed by atoms with Crippen molar-refractivity contribution in [1.29, 1.82) is 0 Å². The SMILES string of the molecule is CCC(C(=O)NC(C)C)N(Cc1ccc(Cl)c(Cl)c1)C(=O)CN(c1ccc(Cl)cc1)S(=O)(=O)c1ccccc1. The van der Waals surface area contributed by atoms with Crippen LogP contribution in [0.15, 0.2) is 77.7 Å². The lowest BCUT2D eigenvalue weighted by atomic mass is 10.1. The van der Waals surface area contributed by atoms with Crippen LogP contribution in [-0.2, 0) is 26.2 Å². The topological polar surface area (TPSA) is 86.8 Å². The van der Waals surface area contributed by atoms with Crippen molar-refractivity contribution < 1.29 is 18.0 Å². The molecule has 1 atom stereocenters. The highest BCUT2D eigenvalue weighted by Gasteiger charge is 2.33. The van der Waals surface area contributed by atoms with Crippen LogP contribution in [0.4, 0.5) is 5.69 Å². The molecule has 0 aliphatic carbocycles. The fourth-order valence-electron chi connectivity index (χ4n) is 3.99. The molecule has 0 heterocycles. The molecule has 0 aliphatic rings. The van der Waals surface area contributed by atoms with Gasteiger partial charge in [-0.15, -0.1) is 0 Å². The second-order valence-corrected chi connectivity index (χ2v) is 12.3. The number of carbonyl (C=O) groups excluding carboxylic acids is 2. The first-order chi connectivity index (χ1) is 18.4. The third-order valence-electron chi connectivity index (χ3n) is 5.88. The summed E-state index contributed by atoms with van der Waals surface area (Å²) in [7, 11) is -4.15. The maximum atomic E-state index is 14.0. The standard InChI is InChI=1S/C28H30Cl3N3O4S/c1-4-26(28(36)32-19(2)3)33(17-20-10-15-24(30)25(31)16-20)27(35)18-34(22-13-11-21(29)12-14-22)39(37,38)23-8-6-5-7-9-23/h5-16,19,26H,4,17-18H2,1-3H3,(H,32,36). The smallest absolute Gasteiger partial charge is 0.264 e. The second-order valence-electron chi connectivity index (χ2n) is 9.16. The Bertz CT molecular complexity index is 1400. The normalized spacial score (nSPS) is 12.2. The molecule has 0 radical (unpaired) electrons. The van der Waals surface area contributed by atoms with E-state index in [1.54, 1.807) is 55.5 Å². The van der Waals surface area contributed by atoms with Gasteiger partial charge in [-0.05, 0) is 74.4 Å². The van der Waals surface area contributed by atoms with Crippen molar-refractivity contribution in [3.63, 3.8) is 0 Å². The number of carbonyl (C=O) groups is 2. The number of hydrogen-bond donors (Lipinski definition) is 1. The van der Waals surface area contributed by atoms with E-state index in [0.29, 0.717) is 27.1 Å². The quantitative estimate of drug-likeness (QED) is 0.281. The summed E-state index contributed by atoms with van der Waals surface area (Å²) in [4.78, 5) is 28.5. The Labute approximate surface area is 244 Å². The van der Waals surface area contributed by atoms with E-state index in [4.69, 9.17) is 34.8 Å². The summed E-state index contributed by atoms with van der Waals surface area (Å²) < 4.78 is 28.5. The predicted octanol–water partition coefficient (Wildman–Crippen LogP) is 6.17. The van der Waals surface area contributed by atoms with E-state index in [1.165, 1.54) is 29.2 Å². The number of hydrogen-bond acceptors (Lipinski definition) is 4. The van der Waals surface area contributed by atoms with E-state index in [1.807, 2.05) is 13.8 Å². The molecule has 0 saturated heterocycles. The molecule has 2 amide bonds. The Morgan fingerprint density at radius 3 is 2.10 bits per heavy atom. The fraction of sp³-hybridized carbons (Fsp3) is 0.286. The number of sulfonamides is 1. The van der Waals surface area contributed by atoms with Crippen molar-refractivity contribution in [3.05, 3.63) is 93.4 Å². The summed E-state index contributed by atoms with van der Waals surface area (Å²) >= 11 is 18.3. The van der Waals surface area contributed by atoms with Gasteiger partial charge in [0.05, 0.1) is 20.6 Å². The zero-order chi connectivity index (χ0) is 28.7. The monoisotopic (exact) mass is 609 g/mol. The van der Waals surface area contributed by atoms with Gasteiger partial charge in [0.15, 0.2) is 0 Å². The lowest BCUT2D eigenvalue weighted by Crippen LogP contribution is -2.53. The summed E-state index contributed by atoms with van der Waals surface area (Å²) in [5, 5.41) is 3.93. The van der Waals surface area contributed by atoms with E-state index < -0.39 is 28.5 Å². The lowest BCUT2D eigenvalue weighted by Gasteiger charge is -2.33. The molecule has 1 unspecified atom stereocenters. The van der Waals surface area contributed by atoms with Crippen LogP contribution in [-0.4, -0.2) is 43.8 Å². The maximum absolute atomic E-state index is 14.0. The summed E-state index contributed by atoms with van der Waals surface area (Å²) in [5.41, 5.74) is 0.892. The number of benzene rings is 3. The molecule has 0 saturated carbocycles. The van der Waals surface area contributed by atoms with Crippen molar-refractivity contribution in [2.24, 2.45) is 0 Å². The van der Waals surface area contributed by atoms with Crippen LogP contribution in [0, 0.1) is 0 Å². The fourth-order valence-corrected chi connectivity index (χ4v) is 5.87. The third kappa shape index (κ3) is 7.88.